The molecular weight excluding hydrogens is 150 g/mol. The van der Waals surface area contributed by atoms with E-state index in [1.165, 1.54) is 0 Å². The van der Waals surface area contributed by atoms with Crippen molar-refractivity contribution >= 4 is 5.52 Å². The molecule has 0 aliphatic rings. The molecule has 0 bridgehead atoms. The number of fused-ring (bicyclic) bond motifs is 1. The van der Waals surface area contributed by atoms with Crippen molar-refractivity contribution in [2.24, 2.45) is 0 Å². The van der Waals surface area contributed by atoms with Crippen molar-refractivity contribution in [1.29, 1.82) is 5.26 Å². The van der Waals surface area contributed by atoms with Gasteiger partial charge in [-0.05, 0) is 19.1 Å². The van der Waals surface area contributed by atoms with Crippen molar-refractivity contribution in [3.8, 4) is 6.07 Å². The average Bonchev–Trinajstić information content (AvgIpc) is 2.44. The predicted octanol–water partition coefficient (Wildman–Crippen LogP) is 1.51. The first kappa shape index (κ1) is 6.86. The second-order valence-corrected chi connectivity index (χ2v) is 2.58. The lowest BCUT2D eigenvalue weighted by Crippen LogP contribution is -1.84. The number of aryl methyl sites for hydroxylation is 1. The van der Waals surface area contributed by atoms with Crippen molar-refractivity contribution in [2.45, 2.75) is 6.92 Å². The minimum absolute atomic E-state index is 0.494. The highest BCUT2D eigenvalue weighted by atomic mass is 15.0. The summed E-state index contributed by atoms with van der Waals surface area (Å²) in [6.45, 7) is 1.88. The van der Waals surface area contributed by atoms with E-state index in [0.717, 1.165) is 11.3 Å². The molecule has 2 rings (SSSR count). The van der Waals surface area contributed by atoms with Crippen LogP contribution in [0.3, 0.4) is 0 Å². The van der Waals surface area contributed by atoms with Gasteiger partial charge in [-0.2, -0.15) is 5.26 Å². The normalized spacial score (nSPS) is 10.0. The predicted molar refractivity (Wildman–Crippen MR) is 44.6 cm³/mol. The fraction of sp³-hybridized carbons (Fsp3) is 0.111. The molecule has 0 radical (unpaired) electrons. The maximum atomic E-state index is 8.72. The van der Waals surface area contributed by atoms with Gasteiger partial charge in [0.1, 0.15) is 11.9 Å². The molecule has 2 heterocycles. The van der Waals surface area contributed by atoms with Gasteiger partial charge in [0, 0.05) is 6.20 Å². The smallest absolute Gasteiger partial charge is 0.166 e. The third-order valence-corrected chi connectivity index (χ3v) is 1.83. The number of pyridine rings is 1. The van der Waals surface area contributed by atoms with E-state index in [1.807, 2.05) is 35.7 Å². The molecule has 0 aromatic carbocycles. The third-order valence-electron chi connectivity index (χ3n) is 1.83. The van der Waals surface area contributed by atoms with E-state index < -0.39 is 0 Å². The van der Waals surface area contributed by atoms with Crippen LogP contribution < -0.4 is 0 Å². The quantitative estimate of drug-likeness (QED) is 0.581. The van der Waals surface area contributed by atoms with Gasteiger partial charge in [-0.15, -0.1) is 0 Å². The fourth-order valence-electron chi connectivity index (χ4n) is 1.27. The Bertz CT molecular complexity index is 462. The van der Waals surface area contributed by atoms with E-state index in [2.05, 4.69) is 11.1 Å². The summed E-state index contributed by atoms with van der Waals surface area (Å²) in [7, 11) is 0. The summed E-state index contributed by atoms with van der Waals surface area (Å²) >= 11 is 0. The fourth-order valence-corrected chi connectivity index (χ4v) is 1.27. The third kappa shape index (κ3) is 0.785. The standard InChI is InChI=1S/C9H7N3/c1-7-11-8(6-10)9-4-2-3-5-12(7)9/h2-5H,1H3. The number of nitrogens with zero attached hydrogens (tertiary/aromatic N) is 3. The summed E-state index contributed by atoms with van der Waals surface area (Å²) in [6, 6.07) is 7.77. The van der Waals surface area contributed by atoms with E-state index >= 15 is 0 Å². The van der Waals surface area contributed by atoms with Crippen LogP contribution in [-0.4, -0.2) is 9.38 Å². The van der Waals surface area contributed by atoms with Gasteiger partial charge in [-0.25, -0.2) is 4.98 Å². The Kier molecular flexibility index (Phi) is 1.34. The molecule has 0 saturated carbocycles. The van der Waals surface area contributed by atoms with Gasteiger partial charge in [0.25, 0.3) is 0 Å². The first-order valence-corrected chi connectivity index (χ1v) is 3.66. The van der Waals surface area contributed by atoms with Crippen LogP contribution in [0.4, 0.5) is 0 Å². The van der Waals surface area contributed by atoms with Crippen LogP contribution in [-0.2, 0) is 0 Å². The molecule has 2 aromatic heterocycles. The minimum Gasteiger partial charge on any atom is -0.303 e. The highest BCUT2D eigenvalue weighted by Crippen LogP contribution is 2.10. The molecule has 12 heavy (non-hydrogen) atoms. The van der Waals surface area contributed by atoms with Gasteiger partial charge in [-0.1, -0.05) is 6.07 Å². The summed E-state index contributed by atoms with van der Waals surface area (Å²) in [5.41, 5.74) is 1.37. The van der Waals surface area contributed by atoms with Gasteiger partial charge in [0.05, 0.1) is 5.52 Å². The largest absolute Gasteiger partial charge is 0.303 e. The molecule has 0 unspecified atom stereocenters. The van der Waals surface area contributed by atoms with Gasteiger partial charge in [-0.3, -0.25) is 0 Å². The minimum atomic E-state index is 0.494. The summed E-state index contributed by atoms with van der Waals surface area (Å²) in [5.74, 6) is 0.849. The monoisotopic (exact) mass is 157 g/mol. The molecule has 3 nitrogen and oxygen atoms in total. The second kappa shape index (κ2) is 2.35. The van der Waals surface area contributed by atoms with Crippen molar-refractivity contribution in [3.63, 3.8) is 0 Å². The lowest BCUT2D eigenvalue weighted by Gasteiger charge is -1.92. The molecule has 0 amide bonds. The molecular formula is C9H7N3. The SMILES string of the molecule is Cc1nc(C#N)c2ccccn12. The van der Waals surface area contributed by atoms with Crippen molar-refractivity contribution in [3.05, 3.63) is 35.9 Å². The molecule has 0 spiro atoms. The van der Waals surface area contributed by atoms with Crippen molar-refractivity contribution in [2.75, 3.05) is 0 Å². The first-order valence-electron chi connectivity index (χ1n) is 3.66. The molecule has 0 aliphatic heterocycles. The molecule has 0 atom stereocenters. The van der Waals surface area contributed by atoms with Crippen LogP contribution in [0, 0.1) is 18.3 Å². The van der Waals surface area contributed by atoms with Crippen molar-refractivity contribution in [1.82, 2.24) is 9.38 Å². The van der Waals surface area contributed by atoms with Crippen LogP contribution in [0.15, 0.2) is 24.4 Å². The number of imidazole rings is 1. The highest BCUT2D eigenvalue weighted by Gasteiger charge is 2.04. The van der Waals surface area contributed by atoms with E-state index in [4.69, 9.17) is 5.26 Å². The second-order valence-electron chi connectivity index (χ2n) is 2.58. The van der Waals surface area contributed by atoms with Crippen LogP contribution in [0.1, 0.15) is 11.5 Å². The lowest BCUT2D eigenvalue weighted by atomic mass is 10.3. The molecule has 0 fully saturated rings. The number of nitriles is 1. The van der Waals surface area contributed by atoms with Crippen molar-refractivity contribution < 1.29 is 0 Å². The maximum absolute atomic E-state index is 8.72. The zero-order valence-corrected chi connectivity index (χ0v) is 6.65. The van der Waals surface area contributed by atoms with E-state index in [9.17, 15) is 0 Å². The molecule has 0 aliphatic carbocycles. The Hall–Kier alpha value is -1.82. The summed E-state index contributed by atoms with van der Waals surface area (Å²) in [6.07, 6.45) is 1.90. The maximum Gasteiger partial charge on any atom is 0.166 e. The summed E-state index contributed by atoms with van der Waals surface area (Å²) in [5, 5.41) is 8.72. The van der Waals surface area contributed by atoms with E-state index in [0.29, 0.717) is 5.69 Å². The molecule has 0 saturated heterocycles. The Morgan fingerprint density at radius 2 is 2.33 bits per heavy atom. The summed E-state index contributed by atoms with van der Waals surface area (Å²) in [4.78, 5) is 4.11. The number of aromatic nitrogens is 2. The number of rotatable bonds is 0. The Balaban J connectivity index is 2.94. The number of hydrogen-bond acceptors (Lipinski definition) is 2. The van der Waals surface area contributed by atoms with Crippen LogP contribution in [0.25, 0.3) is 5.52 Å². The zero-order chi connectivity index (χ0) is 8.55. The van der Waals surface area contributed by atoms with Gasteiger partial charge >= 0.3 is 0 Å². The highest BCUT2D eigenvalue weighted by molar-refractivity contribution is 5.58. The molecule has 2 aromatic rings. The summed E-state index contributed by atoms with van der Waals surface area (Å²) < 4.78 is 1.90. The van der Waals surface area contributed by atoms with Gasteiger partial charge in [0.15, 0.2) is 5.69 Å². The topological polar surface area (TPSA) is 41.1 Å². The number of hydrogen-bond donors (Lipinski definition) is 0. The molecule has 3 heteroatoms. The Morgan fingerprint density at radius 1 is 1.50 bits per heavy atom. The van der Waals surface area contributed by atoms with Crippen LogP contribution in [0.5, 0.6) is 0 Å². The van der Waals surface area contributed by atoms with Crippen LogP contribution >= 0.6 is 0 Å². The van der Waals surface area contributed by atoms with E-state index in [1.54, 1.807) is 0 Å². The molecule has 0 N–H and O–H groups in total. The van der Waals surface area contributed by atoms with Gasteiger partial charge < -0.3 is 4.40 Å². The Labute approximate surface area is 69.9 Å². The average molecular weight is 157 g/mol. The first-order chi connectivity index (χ1) is 5.83. The Morgan fingerprint density at radius 3 is 3.08 bits per heavy atom. The zero-order valence-electron chi connectivity index (χ0n) is 6.65. The molecule has 58 valence electrons. The van der Waals surface area contributed by atoms with E-state index in [-0.39, 0.29) is 0 Å². The van der Waals surface area contributed by atoms with Gasteiger partial charge in [0.2, 0.25) is 0 Å². The lowest BCUT2D eigenvalue weighted by molar-refractivity contribution is 1.04. The van der Waals surface area contributed by atoms with Crippen LogP contribution in [0.2, 0.25) is 0 Å².